The molecule has 69 heavy (non-hydrogen) atoms. The first-order valence-electron chi connectivity index (χ1n) is 24.5. The average molecular weight is 987 g/mol. The molecule has 2 saturated carbocycles. The van der Waals surface area contributed by atoms with Gasteiger partial charge in [-0.3, -0.25) is 39.4 Å². The zero-order valence-corrected chi connectivity index (χ0v) is 40.2. The summed E-state index contributed by atoms with van der Waals surface area (Å²) in [6, 6.07) is 17.1. The van der Waals surface area contributed by atoms with E-state index in [-0.39, 0.29) is 47.9 Å². The van der Waals surface area contributed by atoms with Gasteiger partial charge in [0.2, 0.25) is 29.5 Å². The largest absolute Gasteiger partial charge is 0.382 e. The molecule has 4 heterocycles. The number of amides is 6. The molecule has 0 radical (unpaired) electrons. The minimum absolute atomic E-state index is 0.0173. The van der Waals surface area contributed by atoms with Crippen molar-refractivity contribution in [2.24, 2.45) is 5.92 Å². The Morgan fingerprint density at radius 1 is 0.754 bits per heavy atom. The summed E-state index contributed by atoms with van der Waals surface area (Å²) >= 11 is 13.0. The Morgan fingerprint density at radius 2 is 1.46 bits per heavy atom. The fourth-order valence-electron chi connectivity index (χ4n) is 11.9. The van der Waals surface area contributed by atoms with Crippen LogP contribution < -0.4 is 31.9 Å². The molecule has 3 aromatic carbocycles. The van der Waals surface area contributed by atoms with E-state index in [4.69, 9.17) is 37.4 Å². The van der Waals surface area contributed by atoms with Gasteiger partial charge in [-0.15, -0.1) is 0 Å². The van der Waals surface area contributed by atoms with E-state index in [9.17, 15) is 28.8 Å². The molecule has 18 heteroatoms. The summed E-state index contributed by atoms with van der Waals surface area (Å²) in [5.41, 5.74) is 2.84. The molecule has 368 valence electrons. The highest BCUT2D eigenvalue weighted by molar-refractivity contribution is 6.31. The molecule has 6 aliphatic rings. The Bertz CT molecular complexity index is 2440. The highest BCUT2D eigenvalue weighted by Gasteiger charge is 2.72. The standard InChI is InChI=1S/C51H61Cl2N7O9/c52-33-7-4-6-32(28-33)43-44(59-50(18-2-1-3-19-50)51(43)38-15-12-34(53)29-40(38)57-49(51)66)47(64)56-35-13-10-31(11-14-35)45(62)55-21-23-68-25-27-69-26-24-67-22-20-54-39-9-5-8-36-37(39)30-60(48(36)65)41-16-17-42(61)58-46(41)63/h4-9,12,15,28-29,31,35,41,43-44,54,59H,1-3,10-11,13-14,16-27,30H2,(H,55,62)(H,56,64)(H,57,66)(H,58,61,63)/t31-,35-,41?,43-,44+,51+/m0/s1. The predicted molar refractivity (Wildman–Crippen MR) is 259 cm³/mol. The van der Waals surface area contributed by atoms with Gasteiger partial charge >= 0.3 is 0 Å². The molecule has 6 N–H and O–H groups in total. The van der Waals surface area contributed by atoms with Crippen molar-refractivity contribution in [2.45, 2.75) is 112 Å². The van der Waals surface area contributed by atoms with Crippen molar-refractivity contribution >= 4 is 70.0 Å². The van der Waals surface area contributed by atoms with Gasteiger partial charge in [-0.1, -0.05) is 66.7 Å². The van der Waals surface area contributed by atoms with Crippen LogP contribution in [0.25, 0.3) is 0 Å². The maximum atomic E-state index is 14.6. The third kappa shape index (κ3) is 9.98. The number of nitrogens with zero attached hydrogens (tertiary/aromatic N) is 1. The molecule has 2 aliphatic carbocycles. The zero-order chi connectivity index (χ0) is 48.1. The van der Waals surface area contributed by atoms with Gasteiger partial charge < -0.3 is 40.4 Å². The van der Waals surface area contributed by atoms with Gasteiger partial charge in [0.05, 0.1) is 45.7 Å². The minimum atomic E-state index is -1.06. The summed E-state index contributed by atoms with van der Waals surface area (Å²) in [7, 11) is 0. The number of hydrogen-bond acceptors (Lipinski definition) is 11. The van der Waals surface area contributed by atoms with Crippen LogP contribution in [0.5, 0.6) is 0 Å². The van der Waals surface area contributed by atoms with Gasteiger partial charge in [0.15, 0.2) is 0 Å². The lowest BCUT2D eigenvalue weighted by Crippen LogP contribution is -2.60. The van der Waals surface area contributed by atoms with Gasteiger partial charge in [-0.25, -0.2) is 0 Å². The highest BCUT2D eigenvalue weighted by atomic mass is 35.5. The Labute approximate surface area is 412 Å². The van der Waals surface area contributed by atoms with Crippen LogP contribution in [0.15, 0.2) is 60.7 Å². The SMILES string of the molecule is O=C1CCC(N2Cc3c(NCCOCCOCCOCCNC(=O)[C@H]4CC[C@H](NC(=O)[C@@H]5NC6(CCCCC6)[C@@]6(C(=O)Nc7cc(Cl)ccc76)[C@H]5c5cccc(Cl)c5)CC4)cccc3C2=O)C(=O)N1. The van der Waals surface area contributed by atoms with Crippen LogP contribution in [-0.2, 0) is 50.1 Å². The topological polar surface area (TPSA) is 206 Å². The third-order valence-corrected chi connectivity index (χ3v) is 15.5. The lowest BCUT2D eigenvalue weighted by atomic mass is 9.55. The number of halogens is 2. The summed E-state index contributed by atoms with van der Waals surface area (Å²) in [5, 5.41) is 20.1. The van der Waals surface area contributed by atoms with E-state index in [1.807, 2.05) is 36.4 Å². The van der Waals surface area contributed by atoms with Crippen molar-refractivity contribution in [1.82, 2.24) is 26.2 Å². The van der Waals surface area contributed by atoms with Gasteiger partial charge in [-0.2, -0.15) is 0 Å². The number of anilines is 2. The van der Waals surface area contributed by atoms with Gasteiger partial charge in [0.25, 0.3) is 5.91 Å². The Morgan fingerprint density at radius 3 is 2.20 bits per heavy atom. The van der Waals surface area contributed by atoms with Crippen LogP contribution in [0.4, 0.5) is 11.4 Å². The van der Waals surface area contributed by atoms with Crippen molar-refractivity contribution in [3.05, 3.63) is 93.0 Å². The zero-order valence-electron chi connectivity index (χ0n) is 38.7. The first-order chi connectivity index (χ1) is 33.5. The highest BCUT2D eigenvalue weighted by Crippen LogP contribution is 2.62. The summed E-state index contributed by atoms with van der Waals surface area (Å²) in [5.74, 6) is -1.95. The molecule has 0 aromatic heterocycles. The molecule has 4 fully saturated rings. The van der Waals surface area contributed by atoms with E-state index in [1.54, 1.807) is 24.3 Å². The number of imide groups is 1. The van der Waals surface area contributed by atoms with Crippen LogP contribution in [0.3, 0.4) is 0 Å². The lowest BCUT2D eigenvalue weighted by molar-refractivity contribution is -0.137. The number of nitrogens with one attached hydrogen (secondary N) is 6. The van der Waals surface area contributed by atoms with Crippen LogP contribution in [0.2, 0.25) is 10.0 Å². The molecule has 4 atom stereocenters. The second-order valence-electron chi connectivity index (χ2n) is 19.1. The number of hydrogen-bond donors (Lipinski definition) is 6. The molecule has 0 bridgehead atoms. The number of carbonyl (C=O) groups is 6. The summed E-state index contributed by atoms with van der Waals surface area (Å²) in [4.78, 5) is 81.0. The molecule has 9 rings (SSSR count). The molecule has 4 aliphatic heterocycles. The van der Waals surface area contributed by atoms with Crippen LogP contribution in [-0.4, -0.2) is 117 Å². The average Bonchev–Trinajstić information content (AvgIpc) is 3.94. The normalized spacial score (nSPS) is 25.9. The summed E-state index contributed by atoms with van der Waals surface area (Å²) in [6.07, 6.45) is 7.58. The number of benzene rings is 3. The summed E-state index contributed by atoms with van der Waals surface area (Å²) < 4.78 is 17.0. The second-order valence-corrected chi connectivity index (χ2v) is 20.0. The number of piperidine rings is 1. The number of rotatable bonds is 18. The Hall–Kier alpha value is -5.10. The molecule has 1 unspecified atom stereocenters. The van der Waals surface area contributed by atoms with Crippen molar-refractivity contribution in [1.29, 1.82) is 0 Å². The van der Waals surface area contributed by atoms with E-state index < -0.39 is 34.9 Å². The van der Waals surface area contributed by atoms with E-state index in [0.717, 1.165) is 54.5 Å². The second kappa shape index (κ2) is 21.5. The third-order valence-electron chi connectivity index (χ3n) is 15.1. The number of ether oxygens (including phenoxy) is 3. The van der Waals surface area contributed by atoms with E-state index in [2.05, 4.69) is 31.9 Å². The monoisotopic (exact) mass is 985 g/mol. The quantitative estimate of drug-likeness (QED) is 0.0708. The van der Waals surface area contributed by atoms with Crippen molar-refractivity contribution in [3.63, 3.8) is 0 Å². The number of fused-ring (bicyclic) bond motifs is 4. The van der Waals surface area contributed by atoms with Crippen LogP contribution >= 0.6 is 23.2 Å². The van der Waals surface area contributed by atoms with Crippen LogP contribution in [0, 0.1) is 5.92 Å². The predicted octanol–water partition coefficient (Wildman–Crippen LogP) is 5.36. The van der Waals surface area contributed by atoms with Crippen molar-refractivity contribution in [3.8, 4) is 0 Å². The van der Waals surface area contributed by atoms with E-state index >= 15 is 0 Å². The molecule has 2 saturated heterocycles. The first-order valence-corrected chi connectivity index (χ1v) is 25.2. The molecule has 6 amide bonds. The summed E-state index contributed by atoms with van der Waals surface area (Å²) in [6.45, 7) is 3.49. The van der Waals surface area contributed by atoms with E-state index in [0.29, 0.717) is 113 Å². The van der Waals surface area contributed by atoms with Crippen LogP contribution in [0.1, 0.15) is 104 Å². The smallest absolute Gasteiger partial charge is 0.255 e. The molecule has 2 spiro atoms. The molecular weight excluding hydrogens is 926 g/mol. The van der Waals surface area contributed by atoms with Crippen molar-refractivity contribution in [2.75, 3.05) is 63.4 Å². The van der Waals surface area contributed by atoms with Crippen molar-refractivity contribution < 1.29 is 43.0 Å². The van der Waals surface area contributed by atoms with Gasteiger partial charge in [-0.05, 0) is 92.5 Å². The fraction of sp³-hybridized carbons (Fsp3) is 0.529. The molecule has 3 aromatic rings. The minimum Gasteiger partial charge on any atom is -0.382 e. The van der Waals surface area contributed by atoms with E-state index in [1.165, 1.54) is 4.90 Å². The fourth-order valence-corrected chi connectivity index (χ4v) is 12.3. The lowest BCUT2D eigenvalue weighted by Gasteiger charge is -2.47. The maximum Gasteiger partial charge on any atom is 0.255 e. The Kier molecular flexibility index (Phi) is 15.2. The number of carbonyl (C=O) groups excluding carboxylic acids is 6. The maximum absolute atomic E-state index is 14.6. The van der Waals surface area contributed by atoms with Gasteiger partial charge in [0.1, 0.15) is 11.5 Å². The first kappa shape index (κ1) is 48.9. The molecular formula is C51H61Cl2N7O9. The molecule has 16 nitrogen and oxygen atoms in total. The van der Waals surface area contributed by atoms with Gasteiger partial charge in [0, 0.05) is 82.0 Å². The Balaban J connectivity index is 0.666.